The monoisotopic (exact) mass is 343 g/mol. The van der Waals surface area contributed by atoms with Crippen molar-refractivity contribution in [2.24, 2.45) is 0 Å². The molecule has 0 radical (unpaired) electrons. The lowest BCUT2D eigenvalue weighted by atomic mass is 10.0. The average molecular weight is 344 g/mol. The number of benzene rings is 2. The lowest BCUT2D eigenvalue weighted by Gasteiger charge is -2.25. The van der Waals surface area contributed by atoms with Crippen LogP contribution < -0.4 is 5.32 Å². The van der Waals surface area contributed by atoms with Gasteiger partial charge in [0.1, 0.15) is 6.04 Å². The highest BCUT2D eigenvalue weighted by Crippen LogP contribution is 2.22. The third-order valence-electron chi connectivity index (χ3n) is 4.72. The lowest BCUT2D eigenvalue weighted by Crippen LogP contribution is -2.88. The van der Waals surface area contributed by atoms with Crippen molar-refractivity contribution in [3.8, 4) is 0 Å². The van der Waals surface area contributed by atoms with Crippen molar-refractivity contribution in [1.82, 2.24) is 4.90 Å². The number of carbonyl (C=O) groups excluding carboxylic acids is 1. The first-order valence-electron chi connectivity index (χ1n) is 8.60. The molecule has 2 N–H and O–H groups in total. The molecular weight excluding hydrogens is 320 g/mol. The van der Waals surface area contributed by atoms with Gasteiger partial charge in [-0.05, 0) is 25.8 Å². The molecule has 1 fully saturated rings. The van der Waals surface area contributed by atoms with E-state index in [9.17, 15) is 4.79 Å². The Bertz CT molecular complexity index is 683. The maximum atomic E-state index is 13.1. The zero-order chi connectivity index (χ0) is 16.9. The Labute approximate surface area is 148 Å². The van der Waals surface area contributed by atoms with Gasteiger partial charge in [0.25, 0.3) is 5.91 Å². The summed E-state index contributed by atoms with van der Waals surface area (Å²) in [6.07, 6.45) is 2.21. The number of rotatable bonds is 5. The van der Waals surface area contributed by atoms with Crippen LogP contribution in [-0.4, -0.2) is 23.9 Å². The van der Waals surface area contributed by atoms with Crippen LogP contribution in [0.1, 0.15) is 43.0 Å². The highest BCUT2D eigenvalue weighted by atomic mass is 35.5. The molecule has 126 valence electrons. The summed E-state index contributed by atoms with van der Waals surface area (Å²) in [5.41, 5.74) is 2.11. The molecule has 0 spiro atoms. The highest BCUT2D eigenvalue weighted by Gasteiger charge is 2.32. The SMILES string of the molecule is C[C@@H]([NH2+][C@@H](C(=O)N1CCCC1)c1ccccc1)c1ccccc1Cl. The minimum Gasteiger partial charge on any atom is -0.337 e. The van der Waals surface area contributed by atoms with E-state index in [0.717, 1.165) is 42.1 Å². The highest BCUT2D eigenvalue weighted by molar-refractivity contribution is 6.31. The molecule has 0 aromatic heterocycles. The molecule has 0 bridgehead atoms. The fraction of sp³-hybridized carbons (Fsp3) is 0.350. The summed E-state index contributed by atoms with van der Waals surface area (Å²) in [4.78, 5) is 15.1. The molecule has 0 aliphatic carbocycles. The number of amides is 1. The molecule has 2 aromatic carbocycles. The van der Waals surface area contributed by atoms with E-state index in [4.69, 9.17) is 11.6 Å². The molecule has 2 aromatic rings. The lowest BCUT2D eigenvalue weighted by molar-refractivity contribution is -0.719. The molecule has 2 atom stereocenters. The van der Waals surface area contributed by atoms with E-state index in [0.29, 0.717) is 0 Å². The van der Waals surface area contributed by atoms with Gasteiger partial charge in [-0.3, -0.25) is 4.79 Å². The van der Waals surface area contributed by atoms with Gasteiger partial charge >= 0.3 is 0 Å². The van der Waals surface area contributed by atoms with Gasteiger partial charge in [-0.2, -0.15) is 0 Å². The van der Waals surface area contributed by atoms with Crippen LogP contribution in [0.4, 0.5) is 0 Å². The summed E-state index contributed by atoms with van der Waals surface area (Å²) < 4.78 is 0. The number of hydrogen-bond donors (Lipinski definition) is 1. The maximum Gasteiger partial charge on any atom is 0.285 e. The summed E-state index contributed by atoms with van der Waals surface area (Å²) in [5.74, 6) is 0.206. The Morgan fingerprint density at radius 2 is 1.67 bits per heavy atom. The molecule has 1 amide bonds. The van der Waals surface area contributed by atoms with E-state index in [1.807, 2.05) is 59.5 Å². The summed E-state index contributed by atoms with van der Waals surface area (Å²) >= 11 is 6.34. The Morgan fingerprint density at radius 3 is 2.33 bits per heavy atom. The molecule has 0 saturated carbocycles. The molecule has 3 rings (SSSR count). The second-order valence-corrected chi connectivity index (χ2v) is 6.83. The van der Waals surface area contributed by atoms with Crippen LogP contribution in [0.5, 0.6) is 0 Å². The van der Waals surface area contributed by atoms with Gasteiger partial charge in [0.15, 0.2) is 6.04 Å². The predicted molar refractivity (Wildman–Crippen MR) is 96.8 cm³/mol. The second kappa shape index (κ2) is 7.82. The van der Waals surface area contributed by atoms with Gasteiger partial charge in [0, 0.05) is 29.2 Å². The Balaban J connectivity index is 1.84. The molecule has 3 nitrogen and oxygen atoms in total. The molecule has 24 heavy (non-hydrogen) atoms. The van der Waals surface area contributed by atoms with Gasteiger partial charge in [-0.15, -0.1) is 0 Å². The van der Waals surface area contributed by atoms with Gasteiger partial charge in [0.2, 0.25) is 0 Å². The molecule has 1 aliphatic heterocycles. The van der Waals surface area contributed by atoms with E-state index in [1.165, 1.54) is 0 Å². The zero-order valence-corrected chi connectivity index (χ0v) is 14.7. The second-order valence-electron chi connectivity index (χ2n) is 6.42. The zero-order valence-electron chi connectivity index (χ0n) is 14.0. The average Bonchev–Trinajstić information content (AvgIpc) is 3.15. The number of hydrogen-bond acceptors (Lipinski definition) is 1. The van der Waals surface area contributed by atoms with E-state index >= 15 is 0 Å². The largest absolute Gasteiger partial charge is 0.337 e. The maximum absolute atomic E-state index is 13.1. The third-order valence-corrected chi connectivity index (χ3v) is 5.06. The van der Waals surface area contributed by atoms with Crippen molar-refractivity contribution in [2.45, 2.75) is 31.8 Å². The van der Waals surface area contributed by atoms with Crippen molar-refractivity contribution in [1.29, 1.82) is 0 Å². The number of carbonyl (C=O) groups is 1. The van der Waals surface area contributed by atoms with Crippen molar-refractivity contribution in [3.05, 3.63) is 70.7 Å². The van der Waals surface area contributed by atoms with Crippen molar-refractivity contribution in [2.75, 3.05) is 13.1 Å². The normalized spacial score (nSPS) is 16.8. The predicted octanol–water partition coefficient (Wildman–Crippen LogP) is 3.33. The number of quaternary nitrogens is 1. The molecule has 1 aliphatic rings. The molecule has 0 unspecified atom stereocenters. The van der Waals surface area contributed by atoms with Gasteiger partial charge in [-0.1, -0.05) is 60.1 Å². The molecular formula is C20H24ClN2O+. The molecule has 4 heteroatoms. The van der Waals surface area contributed by atoms with E-state index in [-0.39, 0.29) is 18.0 Å². The van der Waals surface area contributed by atoms with E-state index < -0.39 is 0 Å². The minimum absolute atomic E-state index is 0.107. The third kappa shape index (κ3) is 3.80. The number of likely N-dealkylation sites (tertiary alicyclic amines) is 1. The van der Waals surface area contributed by atoms with Crippen LogP contribution in [0.2, 0.25) is 5.02 Å². The fourth-order valence-corrected chi connectivity index (χ4v) is 3.68. The van der Waals surface area contributed by atoms with Crippen LogP contribution in [0, 0.1) is 0 Å². The van der Waals surface area contributed by atoms with E-state index in [1.54, 1.807) is 0 Å². The van der Waals surface area contributed by atoms with Crippen LogP contribution in [-0.2, 0) is 4.79 Å². The van der Waals surface area contributed by atoms with Crippen LogP contribution >= 0.6 is 11.6 Å². The first kappa shape index (κ1) is 17.0. The minimum atomic E-state index is -0.226. The number of nitrogens with two attached hydrogens (primary N) is 1. The standard InChI is InChI=1S/C20H23ClN2O/c1-15(17-11-5-6-12-18(17)21)22-19(16-9-3-2-4-10-16)20(24)23-13-7-8-14-23/h2-6,9-12,15,19,22H,7-8,13-14H2,1H3/p+1/t15-,19-/m1/s1. The summed E-state index contributed by atoms with van der Waals surface area (Å²) in [5, 5.41) is 2.89. The first-order valence-corrected chi connectivity index (χ1v) is 8.98. The van der Waals surface area contributed by atoms with E-state index in [2.05, 4.69) is 12.2 Å². The fourth-order valence-electron chi connectivity index (χ4n) is 3.37. The van der Waals surface area contributed by atoms with Gasteiger partial charge in [0.05, 0.1) is 0 Å². The van der Waals surface area contributed by atoms with Crippen LogP contribution in [0.3, 0.4) is 0 Å². The van der Waals surface area contributed by atoms with Crippen LogP contribution in [0.15, 0.2) is 54.6 Å². The van der Waals surface area contributed by atoms with Crippen molar-refractivity contribution in [3.63, 3.8) is 0 Å². The number of halogens is 1. The summed E-state index contributed by atoms with van der Waals surface area (Å²) in [7, 11) is 0. The van der Waals surface area contributed by atoms with Crippen molar-refractivity contribution >= 4 is 17.5 Å². The topological polar surface area (TPSA) is 36.9 Å². The molecule has 1 saturated heterocycles. The Morgan fingerprint density at radius 1 is 1.04 bits per heavy atom. The quantitative estimate of drug-likeness (QED) is 0.888. The Kier molecular flexibility index (Phi) is 5.54. The Hall–Kier alpha value is -1.84. The van der Waals surface area contributed by atoms with Crippen molar-refractivity contribution < 1.29 is 10.1 Å². The smallest absolute Gasteiger partial charge is 0.285 e. The summed E-state index contributed by atoms with van der Waals surface area (Å²) in [6, 6.07) is 17.8. The van der Waals surface area contributed by atoms with Gasteiger partial charge in [-0.25, -0.2) is 0 Å². The van der Waals surface area contributed by atoms with Gasteiger partial charge < -0.3 is 10.2 Å². The molecule has 1 heterocycles. The summed E-state index contributed by atoms with van der Waals surface area (Å²) in [6.45, 7) is 3.85. The van der Waals surface area contributed by atoms with Crippen LogP contribution in [0.25, 0.3) is 0 Å². The number of nitrogens with zero attached hydrogens (tertiary/aromatic N) is 1. The first-order chi connectivity index (χ1) is 11.7.